The van der Waals surface area contributed by atoms with Crippen LogP contribution in [0, 0.1) is 0 Å². The maximum absolute atomic E-state index is 13.4. The van der Waals surface area contributed by atoms with Gasteiger partial charge in [0.05, 0.1) is 51.8 Å². The SMILES string of the molecule is CC(C)(C)OC(=O)N1[C@@H](/C=C/C[C@H]2O[C@H](COCc3ccccc3)[C@H](OCc3ccccc3)[C@H](OCc3ccccc3)[C@H]2OCc2ccccc2)COC1(C)C. The van der Waals surface area contributed by atoms with Crippen molar-refractivity contribution in [1.82, 2.24) is 4.90 Å². The number of ether oxygens (including phenoxy) is 7. The average Bonchev–Trinajstić information content (AvgIpc) is 3.50. The van der Waals surface area contributed by atoms with E-state index in [0.29, 0.717) is 39.5 Å². The summed E-state index contributed by atoms with van der Waals surface area (Å²) in [5.41, 5.74) is 2.72. The monoisotopic (exact) mass is 763 g/mol. The van der Waals surface area contributed by atoms with Gasteiger partial charge in [0.15, 0.2) is 0 Å². The fraction of sp³-hybridized carbons (Fsp3) is 0.426. The zero-order valence-corrected chi connectivity index (χ0v) is 33.3. The minimum Gasteiger partial charge on any atom is -0.444 e. The van der Waals surface area contributed by atoms with Crippen molar-refractivity contribution in [1.29, 1.82) is 0 Å². The summed E-state index contributed by atoms with van der Waals surface area (Å²) in [6.45, 7) is 11.5. The van der Waals surface area contributed by atoms with Crippen molar-refractivity contribution < 1.29 is 38.0 Å². The van der Waals surface area contributed by atoms with Crippen LogP contribution in [0.1, 0.15) is 63.3 Å². The van der Waals surface area contributed by atoms with Crippen LogP contribution in [0.25, 0.3) is 0 Å². The van der Waals surface area contributed by atoms with E-state index in [1.807, 2.05) is 126 Å². The summed E-state index contributed by atoms with van der Waals surface area (Å²) in [6.07, 6.45) is 1.63. The van der Waals surface area contributed by atoms with Crippen LogP contribution in [0.4, 0.5) is 4.79 Å². The van der Waals surface area contributed by atoms with Gasteiger partial charge in [-0.2, -0.15) is 0 Å². The van der Waals surface area contributed by atoms with E-state index in [4.69, 9.17) is 33.2 Å². The van der Waals surface area contributed by atoms with Crippen molar-refractivity contribution in [3.05, 3.63) is 156 Å². The number of rotatable bonds is 16. The quantitative estimate of drug-likeness (QED) is 0.105. The van der Waals surface area contributed by atoms with Gasteiger partial charge in [-0.1, -0.05) is 133 Å². The first kappa shape index (κ1) is 41.3. The Hall–Kier alpha value is -4.35. The van der Waals surface area contributed by atoms with Crippen molar-refractivity contribution in [3.63, 3.8) is 0 Å². The number of nitrogens with zero attached hydrogens (tertiary/aromatic N) is 1. The lowest BCUT2D eigenvalue weighted by Gasteiger charge is -2.46. The molecule has 0 bridgehead atoms. The van der Waals surface area contributed by atoms with E-state index in [2.05, 4.69) is 42.5 Å². The third-order valence-corrected chi connectivity index (χ3v) is 9.82. The van der Waals surface area contributed by atoms with Crippen LogP contribution in [0.2, 0.25) is 0 Å². The lowest BCUT2D eigenvalue weighted by molar-refractivity contribution is -0.271. The Morgan fingerprint density at radius 2 is 1.12 bits per heavy atom. The van der Waals surface area contributed by atoms with Gasteiger partial charge in [-0.3, -0.25) is 4.90 Å². The van der Waals surface area contributed by atoms with Crippen LogP contribution >= 0.6 is 0 Å². The molecule has 2 fully saturated rings. The smallest absolute Gasteiger partial charge is 0.413 e. The molecule has 2 aliphatic rings. The number of hydrogen-bond donors (Lipinski definition) is 0. The molecule has 0 aromatic heterocycles. The lowest BCUT2D eigenvalue weighted by Crippen LogP contribution is -2.61. The first-order valence-electron chi connectivity index (χ1n) is 19.6. The molecule has 0 N–H and O–H groups in total. The highest BCUT2D eigenvalue weighted by Crippen LogP contribution is 2.34. The molecule has 6 rings (SSSR count). The summed E-state index contributed by atoms with van der Waals surface area (Å²) in [5.74, 6) is 0. The molecule has 0 unspecified atom stereocenters. The second-order valence-electron chi connectivity index (χ2n) is 15.8. The van der Waals surface area contributed by atoms with Crippen LogP contribution in [-0.2, 0) is 59.6 Å². The molecule has 2 aliphatic heterocycles. The number of carbonyl (C=O) groups is 1. The van der Waals surface area contributed by atoms with Crippen LogP contribution in [-0.4, -0.2) is 72.1 Å². The molecule has 9 heteroatoms. The van der Waals surface area contributed by atoms with E-state index in [1.165, 1.54) is 0 Å². The molecule has 298 valence electrons. The normalized spacial score (nSPS) is 23.7. The number of benzene rings is 4. The predicted octanol–water partition coefficient (Wildman–Crippen LogP) is 9.05. The highest BCUT2D eigenvalue weighted by atomic mass is 16.6. The van der Waals surface area contributed by atoms with Gasteiger partial charge in [-0.05, 0) is 63.3 Å². The van der Waals surface area contributed by atoms with E-state index in [0.717, 1.165) is 22.3 Å². The van der Waals surface area contributed by atoms with Gasteiger partial charge in [0.25, 0.3) is 0 Å². The second kappa shape index (κ2) is 19.7. The fourth-order valence-electron chi connectivity index (χ4n) is 7.08. The van der Waals surface area contributed by atoms with Crippen molar-refractivity contribution >= 4 is 6.09 Å². The largest absolute Gasteiger partial charge is 0.444 e. The maximum atomic E-state index is 13.4. The predicted molar refractivity (Wildman–Crippen MR) is 215 cm³/mol. The zero-order valence-electron chi connectivity index (χ0n) is 33.3. The molecule has 2 heterocycles. The summed E-state index contributed by atoms with van der Waals surface area (Å²) < 4.78 is 45.8. The van der Waals surface area contributed by atoms with E-state index in [1.54, 1.807) is 4.90 Å². The zero-order chi connectivity index (χ0) is 39.4. The molecule has 6 atom stereocenters. The highest BCUT2D eigenvalue weighted by molar-refractivity contribution is 5.70. The molecule has 0 spiro atoms. The van der Waals surface area contributed by atoms with E-state index >= 15 is 0 Å². The average molecular weight is 764 g/mol. The molecular weight excluding hydrogens is 707 g/mol. The third-order valence-electron chi connectivity index (χ3n) is 9.82. The van der Waals surface area contributed by atoms with Crippen LogP contribution < -0.4 is 0 Å². The number of carbonyl (C=O) groups excluding carboxylic acids is 1. The first-order valence-corrected chi connectivity index (χ1v) is 19.6. The number of hydrogen-bond acceptors (Lipinski definition) is 8. The van der Waals surface area contributed by atoms with E-state index in [-0.39, 0.29) is 12.6 Å². The molecule has 4 aromatic carbocycles. The molecule has 0 aliphatic carbocycles. The lowest BCUT2D eigenvalue weighted by atomic mass is 9.92. The standard InChI is InChI=1S/C47H57NO8/c1-46(2,3)56-45(49)48-39(33-54-47(48,4)5)27-18-28-40-42(51-30-36-21-12-7-13-22-36)44(53-32-38-25-16-9-17-26-38)43(52-31-37-23-14-8-15-24-37)41(55-40)34-50-29-35-19-10-6-11-20-35/h6-27,39-44H,28-34H2,1-5H3/b27-18+/t39-,40+,41+,42-,43-,44+/m0/s1. The summed E-state index contributed by atoms with van der Waals surface area (Å²) in [6, 6.07) is 40.1. The van der Waals surface area contributed by atoms with Gasteiger partial charge in [0.2, 0.25) is 0 Å². The summed E-state index contributed by atoms with van der Waals surface area (Å²) >= 11 is 0. The van der Waals surface area contributed by atoms with E-state index in [9.17, 15) is 4.79 Å². The van der Waals surface area contributed by atoms with Crippen LogP contribution in [0.3, 0.4) is 0 Å². The molecule has 2 saturated heterocycles. The van der Waals surface area contributed by atoms with Crippen molar-refractivity contribution in [2.45, 2.75) is 115 Å². The van der Waals surface area contributed by atoms with Gasteiger partial charge < -0.3 is 33.2 Å². The van der Waals surface area contributed by atoms with Gasteiger partial charge >= 0.3 is 6.09 Å². The Morgan fingerprint density at radius 1 is 0.679 bits per heavy atom. The van der Waals surface area contributed by atoms with Gasteiger partial charge in [0.1, 0.15) is 35.7 Å². The minimum absolute atomic E-state index is 0.280. The Labute approximate surface area is 332 Å². The summed E-state index contributed by atoms with van der Waals surface area (Å²) in [4.78, 5) is 15.1. The number of amides is 1. The summed E-state index contributed by atoms with van der Waals surface area (Å²) in [7, 11) is 0. The summed E-state index contributed by atoms with van der Waals surface area (Å²) in [5, 5.41) is 0. The molecule has 0 saturated carbocycles. The minimum atomic E-state index is -0.832. The van der Waals surface area contributed by atoms with E-state index < -0.39 is 47.9 Å². The van der Waals surface area contributed by atoms with Gasteiger partial charge in [-0.15, -0.1) is 0 Å². The third kappa shape index (κ3) is 11.8. The van der Waals surface area contributed by atoms with Gasteiger partial charge in [-0.25, -0.2) is 4.79 Å². The van der Waals surface area contributed by atoms with Gasteiger partial charge in [0, 0.05) is 0 Å². The molecule has 1 amide bonds. The Kier molecular flexibility index (Phi) is 14.5. The topological polar surface area (TPSA) is 84.9 Å². The van der Waals surface area contributed by atoms with Crippen LogP contribution in [0.15, 0.2) is 133 Å². The molecular formula is C47H57NO8. The molecule has 9 nitrogen and oxygen atoms in total. The Balaban J connectivity index is 1.30. The fourth-order valence-corrected chi connectivity index (χ4v) is 7.08. The second-order valence-corrected chi connectivity index (χ2v) is 15.8. The van der Waals surface area contributed by atoms with Crippen molar-refractivity contribution in [2.24, 2.45) is 0 Å². The maximum Gasteiger partial charge on any atom is 0.413 e. The van der Waals surface area contributed by atoms with Crippen LogP contribution in [0.5, 0.6) is 0 Å². The molecule has 0 radical (unpaired) electrons. The van der Waals surface area contributed by atoms with Crippen molar-refractivity contribution in [2.75, 3.05) is 13.2 Å². The Morgan fingerprint density at radius 3 is 1.61 bits per heavy atom. The Bertz CT molecular complexity index is 1780. The molecule has 4 aromatic rings. The first-order chi connectivity index (χ1) is 27.1. The van der Waals surface area contributed by atoms with Crippen molar-refractivity contribution in [3.8, 4) is 0 Å². The molecule has 56 heavy (non-hydrogen) atoms. The highest BCUT2D eigenvalue weighted by Gasteiger charge is 2.49.